The minimum Gasteiger partial charge on any atom is -0.507 e. The first-order valence-electron chi connectivity index (χ1n) is 8.70. The normalized spacial score (nSPS) is 10.3. The molecule has 0 atom stereocenters. The number of amidine groups is 1. The van der Waals surface area contributed by atoms with E-state index in [2.05, 4.69) is 10.6 Å². The van der Waals surface area contributed by atoms with Crippen LogP contribution < -0.4 is 15.4 Å². The van der Waals surface area contributed by atoms with Gasteiger partial charge in [0.2, 0.25) is 0 Å². The van der Waals surface area contributed by atoms with Crippen molar-refractivity contribution < 1.29 is 14.6 Å². The van der Waals surface area contributed by atoms with E-state index in [-0.39, 0.29) is 17.2 Å². The lowest BCUT2D eigenvalue weighted by Gasteiger charge is -2.10. The van der Waals surface area contributed by atoms with Gasteiger partial charge in [-0.3, -0.25) is 10.2 Å². The molecule has 4 N–H and O–H groups in total. The van der Waals surface area contributed by atoms with Gasteiger partial charge in [0.1, 0.15) is 17.3 Å². The van der Waals surface area contributed by atoms with Gasteiger partial charge in [0.05, 0.1) is 17.6 Å². The van der Waals surface area contributed by atoms with E-state index < -0.39 is 0 Å². The number of carbonyl (C=O) groups is 1. The minimum absolute atomic E-state index is 0.0816. The lowest BCUT2D eigenvalue weighted by molar-refractivity contribution is 0.0951. The van der Waals surface area contributed by atoms with Gasteiger partial charge >= 0.3 is 0 Å². The number of carbonyl (C=O) groups excluding carboxylic acids is 1. The third kappa shape index (κ3) is 4.89. The van der Waals surface area contributed by atoms with Crippen molar-refractivity contribution in [2.24, 2.45) is 0 Å². The van der Waals surface area contributed by atoms with Gasteiger partial charge in [-0.2, -0.15) is 0 Å². The van der Waals surface area contributed by atoms with Gasteiger partial charge in [0, 0.05) is 12.2 Å². The fourth-order valence-corrected chi connectivity index (χ4v) is 3.25. The Balaban J connectivity index is 1.51. The van der Waals surface area contributed by atoms with Crippen LogP contribution in [0.2, 0.25) is 0 Å². The summed E-state index contributed by atoms with van der Waals surface area (Å²) in [5.41, 5.74) is 2.09. The van der Waals surface area contributed by atoms with Gasteiger partial charge in [-0.25, -0.2) is 0 Å². The van der Waals surface area contributed by atoms with Crippen molar-refractivity contribution in [1.82, 2.24) is 5.32 Å². The number of ether oxygens (including phenoxy) is 1. The van der Waals surface area contributed by atoms with E-state index in [4.69, 9.17) is 10.1 Å². The molecule has 0 fully saturated rings. The van der Waals surface area contributed by atoms with Crippen molar-refractivity contribution in [2.75, 3.05) is 19.0 Å². The quantitative estimate of drug-likeness (QED) is 0.361. The molecule has 3 aromatic rings. The summed E-state index contributed by atoms with van der Waals surface area (Å²) >= 11 is 1.52. The number of aromatic hydroxyl groups is 1. The first kappa shape index (κ1) is 19.4. The van der Waals surface area contributed by atoms with Crippen LogP contribution in [0.5, 0.6) is 11.5 Å². The van der Waals surface area contributed by atoms with Crippen LogP contribution in [0.1, 0.15) is 20.8 Å². The maximum Gasteiger partial charge on any atom is 0.255 e. The largest absolute Gasteiger partial charge is 0.507 e. The van der Waals surface area contributed by atoms with Crippen LogP contribution >= 0.6 is 11.3 Å². The highest BCUT2D eigenvalue weighted by molar-refractivity contribution is 7.12. The molecular weight excluding hydrogens is 374 g/mol. The van der Waals surface area contributed by atoms with Gasteiger partial charge in [0.15, 0.2) is 0 Å². The van der Waals surface area contributed by atoms with Gasteiger partial charge in [0.25, 0.3) is 5.91 Å². The van der Waals surface area contributed by atoms with Crippen molar-refractivity contribution >= 4 is 28.8 Å². The highest BCUT2D eigenvalue weighted by Crippen LogP contribution is 2.22. The van der Waals surface area contributed by atoms with Gasteiger partial charge in [-0.1, -0.05) is 18.2 Å². The van der Waals surface area contributed by atoms with E-state index in [1.54, 1.807) is 6.07 Å². The molecule has 6 nitrogen and oxygen atoms in total. The number of thiophene rings is 1. The highest BCUT2D eigenvalue weighted by atomic mass is 32.1. The van der Waals surface area contributed by atoms with Gasteiger partial charge in [-0.05, 0) is 53.8 Å². The number of benzene rings is 2. The zero-order valence-electron chi connectivity index (χ0n) is 15.4. The third-order valence-corrected chi connectivity index (χ3v) is 5.03. The number of phenols is 1. The zero-order chi connectivity index (χ0) is 19.9. The number of amides is 1. The Morgan fingerprint density at radius 3 is 2.64 bits per heavy atom. The molecule has 0 radical (unpaired) electrons. The Kier molecular flexibility index (Phi) is 6.29. The van der Waals surface area contributed by atoms with Crippen LogP contribution in [0.15, 0.2) is 60.0 Å². The highest BCUT2D eigenvalue weighted by Gasteiger charge is 2.12. The van der Waals surface area contributed by atoms with E-state index >= 15 is 0 Å². The molecule has 28 heavy (non-hydrogen) atoms. The number of hydrogen-bond acceptors (Lipinski definition) is 5. The molecule has 3 rings (SSSR count). The molecule has 1 amide bonds. The van der Waals surface area contributed by atoms with Crippen molar-refractivity contribution in [3.8, 4) is 11.5 Å². The van der Waals surface area contributed by atoms with Crippen LogP contribution in [0, 0.1) is 5.41 Å². The second-order valence-corrected chi connectivity index (χ2v) is 7.01. The summed E-state index contributed by atoms with van der Waals surface area (Å²) in [5, 5.41) is 25.7. The molecular formula is C21H21N3O3S. The standard InChI is InChI=1S/C21H21N3O3S/c1-27-16-8-9-18(25)17(13-16)21(26)23-11-10-14-4-6-15(7-5-14)24-20(22)19-3-2-12-28-19/h2-9,12-13,25H,10-11H2,1H3,(H2,22,24)(H,23,26). The lowest BCUT2D eigenvalue weighted by atomic mass is 10.1. The fourth-order valence-electron chi connectivity index (χ4n) is 2.62. The molecule has 0 aliphatic rings. The molecule has 7 heteroatoms. The second-order valence-electron chi connectivity index (χ2n) is 6.06. The molecule has 0 saturated heterocycles. The Hall–Kier alpha value is -3.32. The van der Waals surface area contributed by atoms with Gasteiger partial charge < -0.3 is 20.5 Å². The lowest BCUT2D eigenvalue weighted by Crippen LogP contribution is -2.25. The topological polar surface area (TPSA) is 94.4 Å². The molecule has 0 aliphatic carbocycles. The number of methoxy groups -OCH3 is 1. The van der Waals surface area contributed by atoms with Crippen LogP contribution in [0.3, 0.4) is 0 Å². The SMILES string of the molecule is COc1ccc(O)c(C(=O)NCCc2ccc(NC(=N)c3cccs3)cc2)c1. The number of nitrogens with one attached hydrogen (secondary N) is 3. The minimum atomic E-state index is -0.348. The van der Waals surface area contributed by atoms with Crippen molar-refractivity contribution in [3.05, 3.63) is 76.0 Å². The van der Waals surface area contributed by atoms with E-state index in [9.17, 15) is 9.90 Å². The monoisotopic (exact) mass is 395 g/mol. The Labute approximate surface area is 167 Å². The number of hydrogen-bond donors (Lipinski definition) is 4. The predicted molar refractivity (Wildman–Crippen MR) is 112 cm³/mol. The molecule has 0 aliphatic heterocycles. The maximum absolute atomic E-state index is 12.3. The summed E-state index contributed by atoms with van der Waals surface area (Å²) in [4.78, 5) is 13.1. The van der Waals surface area contributed by atoms with Crippen LogP contribution in [-0.2, 0) is 6.42 Å². The van der Waals surface area contributed by atoms with E-state index in [1.807, 2.05) is 41.8 Å². The average Bonchev–Trinajstić information content (AvgIpc) is 3.24. The maximum atomic E-state index is 12.3. The average molecular weight is 395 g/mol. The van der Waals surface area contributed by atoms with Crippen LogP contribution in [0.25, 0.3) is 0 Å². The smallest absolute Gasteiger partial charge is 0.255 e. The molecule has 144 valence electrons. The van der Waals surface area contributed by atoms with Gasteiger partial charge in [-0.15, -0.1) is 11.3 Å². The first-order valence-corrected chi connectivity index (χ1v) is 9.58. The summed E-state index contributed by atoms with van der Waals surface area (Å²) in [6, 6.07) is 16.1. The number of rotatable bonds is 7. The molecule has 0 unspecified atom stereocenters. The number of anilines is 1. The third-order valence-electron chi connectivity index (χ3n) is 4.14. The molecule has 1 aromatic heterocycles. The molecule has 0 saturated carbocycles. The van der Waals surface area contributed by atoms with Crippen molar-refractivity contribution in [3.63, 3.8) is 0 Å². The van der Waals surface area contributed by atoms with Crippen LogP contribution in [0.4, 0.5) is 5.69 Å². The molecule has 0 bridgehead atoms. The Morgan fingerprint density at radius 1 is 1.18 bits per heavy atom. The summed E-state index contributed by atoms with van der Waals surface area (Å²) < 4.78 is 5.08. The van der Waals surface area contributed by atoms with Crippen LogP contribution in [-0.4, -0.2) is 30.5 Å². The molecule has 2 aromatic carbocycles. The Morgan fingerprint density at radius 2 is 1.96 bits per heavy atom. The second kappa shape index (κ2) is 9.05. The molecule has 1 heterocycles. The fraction of sp³-hybridized carbons (Fsp3) is 0.143. The van der Waals surface area contributed by atoms with E-state index in [0.29, 0.717) is 24.6 Å². The summed E-state index contributed by atoms with van der Waals surface area (Å²) in [5.74, 6) is 0.452. The number of phenolic OH excluding ortho intramolecular Hbond substituents is 1. The summed E-state index contributed by atoms with van der Waals surface area (Å²) in [6.45, 7) is 0.438. The van der Waals surface area contributed by atoms with E-state index in [1.165, 1.54) is 30.6 Å². The predicted octanol–water partition coefficient (Wildman–Crippen LogP) is 3.87. The first-order chi connectivity index (χ1) is 13.6. The zero-order valence-corrected chi connectivity index (χ0v) is 16.2. The Bertz CT molecular complexity index is 954. The summed E-state index contributed by atoms with van der Waals surface area (Å²) in [7, 11) is 1.51. The van der Waals surface area contributed by atoms with Crippen molar-refractivity contribution in [2.45, 2.75) is 6.42 Å². The summed E-state index contributed by atoms with van der Waals surface area (Å²) in [6.07, 6.45) is 0.652. The molecule has 0 spiro atoms. The van der Waals surface area contributed by atoms with Crippen molar-refractivity contribution in [1.29, 1.82) is 5.41 Å². The van der Waals surface area contributed by atoms with E-state index in [0.717, 1.165) is 16.1 Å².